The van der Waals surface area contributed by atoms with Crippen molar-refractivity contribution in [3.05, 3.63) is 23.8 Å². The first-order valence-corrected chi connectivity index (χ1v) is 7.28. The van der Waals surface area contributed by atoms with E-state index in [1.807, 2.05) is 13.0 Å². The zero-order valence-corrected chi connectivity index (χ0v) is 12.3. The van der Waals surface area contributed by atoms with E-state index >= 15 is 0 Å². The summed E-state index contributed by atoms with van der Waals surface area (Å²) < 4.78 is 11.0. The van der Waals surface area contributed by atoms with Crippen LogP contribution >= 0.6 is 0 Å². The van der Waals surface area contributed by atoms with Crippen LogP contribution in [0.1, 0.15) is 32.3 Å². The van der Waals surface area contributed by atoms with Crippen LogP contribution < -0.4 is 9.47 Å². The average Bonchev–Trinajstić information content (AvgIpc) is 2.87. The molecule has 1 aromatic carbocycles. The van der Waals surface area contributed by atoms with Gasteiger partial charge in [0.2, 0.25) is 0 Å². The number of rotatable bonds is 6. The van der Waals surface area contributed by atoms with Gasteiger partial charge in [0, 0.05) is 13.1 Å². The molecule has 1 atom stereocenters. The zero-order chi connectivity index (χ0) is 13.7. The largest absolute Gasteiger partial charge is 0.493 e. The summed E-state index contributed by atoms with van der Waals surface area (Å²) in [6.07, 6.45) is 2.63. The van der Waals surface area contributed by atoms with Crippen molar-refractivity contribution < 1.29 is 9.47 Å². The minimum absolute atomic E-state index is 0.668. The van der Waals surface area contributed by atoms with Gasteiger partial charge in [0.1, 0.15) is 0 Å². The van der Waals surface area contributed by atoms with Gasteiger partial charge < -0.3 is 9.47 Å². The highest BCUT2D eigenvalue weighted by Crippen LogP contribution is 2.29. The topological polar surface area (TPSA) is 21.7 Å². The Balaban J connectivity index is 2.02. The lowest BCUT2D eigenvalue weighted by atomic mass is 10.1. The molecular weight excluding hydrogens is 238 g/mol. The van der Waals surface area contributed by atoms with Gasteiger partial charge in [-0.1, -0.05) is 19.4 Å². The second kappa shape index (κ2) is 6.80. The Labute approximate surface area is 116 Å². The van der Waals surface area contributed by atoms with Gasteiger partial charge in [0.15, 0.2) is 11.5 Å². The summed E-state index contributed by atoms with van der Waals surface area (Å²) in [5.74, 6) is 2.55. The van der Waals surface area contributed by atoms with E-state index < -0.39 is 0 Å². The number of hydrogen-bond donors (Lipinski definition) is 0. The van der Waals surface area contributed by atoms with E-state index in [1.54, 1.807) is 7.11 Å². The standard InChI is InChI=1S/C16H25NO2/c1-4-13-8-9-17(11-13)12-14-6-7-15(18-3)16(10-14)19-5-2/h6-7,10,13H,4-5,8-9,11-12H2,1-3H3. The average molecular weight is 263 g/mol. The van der Waals surface area contributed by atoms with Crippen molar-refractivity contribution in [3.8, 4) is 11.5 Å². The Morgan fingerprint density at radius 3 is 2.74 bits per heavy atom. The molecule has 0 saturated carbocycles. The van der Waals surface area contributed by atoms with E-state index in [2.05, 4.69) is 24.0 Å². The highest BCUT2D eigenvalue weighted by molar-refractivity contribution is 5.42. The Bertz CT molecular complexity index is 406. The van der Waals surface area contributed by atoms with Gasteiger partial charge in [-0.15, -0.1) is 0 Å². The highest BCUT2D eigenvalue weighted by atomic mass is 16.5. The highest BCUT2D eigenvalue weighted by Gasteiger charge is 2.21. The fourth-order valence-electron chi connectivity index (χ4n) is 2.74. The van der Waals surface area contributed by atoms with Crippen LogP contribution in [0.2, 0.25) is 0 Å². The van der Waals surface area contributed by atoms with Crippen molar-refractivity contribution in [2.75, 3.05) is 26.8 Å². The van der Waals surface area contributed by atoms with Crippen LogP contribution in [0.3, 0.4) is 0 Å². The Morgan fingerprint density at radius 2 is 2.11 bits per heavy atom. The number of methoxy groups -OCH3 is 1. The maximum atomic E-state index is 5.63. The summed E-state index contributed by atoms with van der Waals surface area (Å²) in [6.45, 7) is 8.41. The molecule has 3 heteroatoms. The fourth-order valence-corrected chi connectivity index (χ4v) is 2.74. The normalized spacial score (nSPS) is 19.6. The zero-order valence-electron chi connectivity index (χ0n) is 12.3. The Kier molecular flexibility index (Phi) is 5.08. The molecule has 3 nitrogen and oxygen atoms in total. The van der Waals surface area contributed by atoms with Gasteiger partial charge in [-0.05, 0) is 43.5 Å². The maximum Gasteiger partial charge on any atom is 0.161 e. The van der Waals surface area contributed by atoms with E-state index in [-0.39, 0.29) is 0 Å². The predicted molar refractivity (Wildman–Crippen MR) is 77.8 cm³/mol. The van der Waals surface area contributed by atoms with Gasteiger partial charge in [0.05, 0.1) is 13.7 Å². The quantitative estimate of drug-likeness (QED) is 0.786. The molecule has 1 heterocycles. The molecule has 1 fully saturated rings. The number of ether oxygens (including phenoxy) is 2. The monoisotopic (exact) mass is 263 g/mol. The molecule has 0 amide bonds. The molecule has 1 saturated heterocycles. The lowest BCUT2D eigenvalue weighted by Crippen LogP contribution is -2.20. The molecule has 0 N–H and O–H groups in total. The first-order valence-electron chi connectivity index (χ1n) is 7.28. The maximum absolute atomic E-state index is 5.63. The molecule has 1 aliphatic rings. The van der Waals surface area contributed by atoms with Gasteiger partial charge in [-0.25, -0.2) is 0 Å². The van der Waals surface area contributed by atoms with Crippen LogP contribution in [0.25, 0.3) is 0 Å². The van der Waals surface area contributed by atoms with Gasteiger partial charge in [-0.2, -0.15) is 0 Å². The van der Waals surface area contributed by atoms with Crippen molar-refractivity contribution >= 4 is 0 Å². The van der Waals surface area contributed by atoms with Crippen LogP contribution in [0, 0.1) is 5.92 Å². The molecular formula is C16H25NO2. The fraction of sp³-hybridized carbons (Fsp3) is 0.625. The smallest absolute Gasteiger partial charge is 0.161 e. The number of benzene rings is 1. The van der Waals surface area contributed by atoms with Crippen molar-refractivity contribution in [2.24, 2.45) is 5.92 Å². The molecule has 0 aliphatic carbocycles. The summed E-state index contributed by atoms with van der Waals surface area (Å²) in [5.41, 5.74) is 1.31. The van der Waals surface area contributed by atoms with Crippen molar-refractivity contribution in [1.82, 2.24) is 4.90 Å². The van der Waals surface area contributed by atoms with E-state index in [4.69, 9.17) is 9.47 Å². The van der Waals surface area contributed by atoms with Crippen LogP contribution in [0.15, 0.2) is 18.2 Å². The summed E-state index contributed by atoms with van der Waals surface area (Å²) in [4.78, 5) is 2.53. The van der Waals surface area contributed by atoms with Gasteiger partial charge in [0.25, 0.3) is 0 Å². The van der Waals surface area contributed by atoms with E-state index in [0.29, 0.717) is 6.61 Å². The van der Waals surface area contributed by atoms with Gasteiger partial charge in [-0.3, -0.25) is 4.90 Å². The minimum atomic E-state index is 0.668. The van der Waals surface area contributed by atoms with Crippen LogP contribution in [-0.4, -0.2) is 31.7 Å². The van der Waals surface area contributed by atoms with Crippen molar-refractivity contribution in [3.63, 3.8) is 0 Å². The van der Waals surface area contributed by atoms with Crippen LogP contribution in [-0.2, 0) is 6.54 Å². The molecule has 0 radical (unpaired) electrons. The number of nitrogens with zero attached hydrogens (tertiary/aromatic N) is 1. The van der Waals surface area contributed by atoms with Crippen molar-refractivity contribution in [1.29, 1.82) is 0 Å². The molecule has 106 valence electrons. The molecule has 1 aromatic rings. The molecule has 0 spiro atoms. The first kappa shape index (κ1) is 14.2. The van der Waals surface area contributed by atoms with E-state index in [1.165, 1.54) is 31.5 Å². The molecule has 2 rings (SSSR count). The summed E-state index contributed by atoms with van der Waals surface area (Å²) in [7, 11) is 1.68. The van der Waals surface area contributed by atoms with E-state index in [0.717, 1.165) is 24.0 Å². The molecule has 19 heavy (non-hydrogen) atoms. The second-order valence-electron chi connectivity index (χ2n) is 5.22. The SMILES string of the molecule is CCOc1cc(CN2CCC(CC)C2)ccc1OC. The summed E-state index contributed by atoms with van der Waals surface area (Å²) in [5, 5.41) is 0. The summed E-state index contributed by atoms with van der Waals surface area (Å²) in [6, 6.07) is 6.26. The number of likely N-dealkylation sites (tertiary alicyclic amines) is 1. The molecule has 1 aliphatic heterocycles. The Hall–Kier alpha value is -1.22. The van der Waals surface area contributed by atoms with Crippen molar-refractivity contribution in [2.45, 2.75) is 33.2 Å². The Morgan fingerprint density at radius 1 is 1.26 bits per heavy atom. The third kappa shape index (κ3) is 3.63. The van der Waals surface area contributed by atoms with Crippen LogP contribution in [0.5, 0.6) is 11.5 Å². The number of hydrogen-bond acceptors (Lipinski definition) is 3. The minimum Gasteiger partial charge on any atom is -0.493 e. The lowest BCUT2D eigenvalue weighted by molar-refractivity contribution is 0.303. The second-order valence-corrected chi connectivity index (χ2v) is 5.22. The van der Waals surface area contributed by atoms with Crippen LogP contribution in [0.4, 0.5) is 0 Å². The third-order valence-electron chi connectivity index (χ3n) is 3.88. The van der Waals surface area contributed by atoms with E-state index in [9.17, 15) is 0 Å². The summed E-state index contributed by atoms with van der Waals surface area (Å²) >= 11 is 0. The molecule has 0 aromatic heterocycles. The molecule has 0 bridgehead atoms. The molecule has 1 unspecified atom stereocenters. The third-order valence-corrected chi connectivity index (χ3v) is 3.88. The first-order chi connectivity index (χ1) is 9.26. The lowest BCUT2D eigenvalue weighted by Gasteiger charge is -2.17. The predicted octanol–water partition coefficient (Wildman–Crippen LogP) is 3.33. The van der Waals surface area contributed by atoms with Gasteiger partial charge >= 0.3 is 0 Å².